The van der Waals surface area contributed by atoms with Crippen LogP contribution in [-0.4, -0.2) is 24.8 Å². The summed E-state index contributed by atoms with van der Waals surface area (Å²) in [4.78, 5) is 10.2. The summed E-state index contributed by atoms with van der Waals surface area (Å²) in [5.74, 6) is 6.29. The van der Waals surface area contributed by atoms with Crippen molar-refractivity contribution in [3.05, 3.63) is 65.2 Å². The van der Waals surface area contributed by atoms with Crippen molar-refractivity contribution in [3.8, 4) is 11.8 Å². The zero-order chi connectivity index (χ0) is 19.5. The third-order valence-corrected chi connectivity index (χ3v) is 5.06. The number of rotatable bonds is 4. The van der Waals surface area contributed by atoms with Gasteiger partial charge in [0.25, 0.3) is 6.47 Å². The average Bonchev–Trinajstić information content (AvgIpc) is 2.87. The van der Waals surface area contributed by atoms with E-state index in [2.05, 4.69) is 11.8 Å². The zero-order valence-corrected chi connectivity index (χ0v) is 16.1. The first-order valence-electron chi connectivity index (χ1n) is 8.92. The van der Waals surface area contributed by atoms with Crippen molar-refractivity contribution >= 4 is 19.1 Å². The minimum Gasteiger partial charge on any atom is -0.463 e. The van der Waals surface area contributed by atoms with E-state index in [1.54, 1.807) is 0 Å². The molecule has 0 aromatic heterocycles. The minimum absolute atomic E-state index is 0.275. The molecule has 0 unspecified atom stereocenters. The molecule has 2 aromatic rings. The molecular formula is C22H23BO4. The Balaban J connectivity index is 1.67. The van der Waals surface area contributed by atoms with Crippen molar-refractivity contribution in [2.24, 2.45) is 0 Å². The highest BCUT2D eigenvalue weighted by molar-refractivity contribution is 6.62. The molecule has 0 bridgehead atoms. The van der Waals surface area contributed by atoms with Gasteiger partial charge in [0.1, 0.15) is 6.61 Å². The summed E-state index contributed by atoms with van der Waals surface area (Å²) >= 11 is 0. The molecule has 1 heterocycles. The Bertz CT molecular complexity index is 842. The summed E-state index contributed by atoms with van der Waals surface area (Å²) in [5, 5.41) is 0. The smallest absolute Gasteiger partial charge is 0.463 e. The number of benzene rings is 2. The van der Waals surface area contributed by atoms with Crippen LogP contribution in [0.25, 0.3) is 0 Å². The molecule has 138 valence electrons. The topological polar surface area (TPSA) is 44.8 Å². The molecule has 1 aliphatic rings. The zero-order valence-electron chi connectivity index (χ0n) is 16.1. The first-order valence-corrected chi connectivity index (χ1v) is 8.92. The number of ether oxygens (including phenoxy) is 1. The lowest BCUT2D eigenvalue weighted by molar-refractivity contribution is -0.129. The van der Waals surface area contributed by atoms with Crippen molar-refractivity contribution < 1.29 is 18.8 Å². The number of hydrogen-bond donors (Lipinski definition) is 0. The molecule has 1 aliphatic heterocycles. The molecule has 27 heavy (non-hydrogen) atoms. The highest BCUT2D eigenvalue weighted by Crippen LogP contribution is 2.36. The summed E-state index contributed by atoms with van der Waals surface area (Å²) in [6.07, 6.45) is 0. The van der Waals surface area contributed by atoms with E-state index >= 15 is 0 Å². The van der Waals surface area contributed by atoms with Crippen LogP contribution in [0.15, 0.2) is 48.5 Å². The van der Waals surface area contributed by atoms with Crippen molar-refractivity contribution in [2.45, 2.75) is 45.5 Å². The summed E-state index contributed by atoms with van der Waals surface area (Å²) < 4.78 is 16.9. The summed E-state index contributed by atoms with van der Waals surface area (Å²) in [6.45, 7) is 8.90. The van der Waals surface area contributed by atoms with E-state index in [1.807, 2.05) is 76.2 Å². The molecule has 0 atom stereocenters. The Labute approximate surface area is 161 Å². The van der Waals surface area contributed by atoms with Crippen LogP contribution in [0, 0.1) is 11.8 Å². The van der Waals surface area contributed by atoms with Crippen molar-refractivity contribution in [1.29, 1.82) is 0 Å². The fraction of sp³-hybridized carbons (Fsp3) is 0.318. The van der Waals surface area contributed by atoms with E-state index in [-0.39, 0.29) is 24.9 Å². The lowest BCUT2D eigenvalue weighted by Crippen LogP contribution is -2.41. The van der Waals surface area contributed by atoms with E-state index in [4.69, 9.17) is 14.0 Å². The van der Waals surface area contributed by atoms with Gasteiger partial charge in [-0.15, -0.1) is 0 Å². The maximum absolute atomic E-state index is 10.2. The third kappa shape index (κ3) is 4.41. The van der Waals surface area contributed by atoms with E-state index in [1.165, 1.54) is 0 Å². The molecule has 0 saturated carbocycles. The monoisotopic (exact) mass is 362 g/mol. The Morgan fingerprint density at radius 2 is 1.37 bits per heavy atom. The largest absolute Gasteiger partial charge is 0.494 e. The Hall–Kier alpha value is -2.55. The molecule has 3 rings (SSSR count). The molecular weight excluding hydrogens is 339 g/mol. The van der Waals surface area contributed by atoms with E-state index in [0.717, 1.165) is 22.2 Å². The highest BCUT2D eigenvalue weighted by Gasteiger charge is 2.51. The Kier molecular flexibility index (Phi) is 5.41. The van der Waals surface area contributed by atoms with Gasteiger partial charge in [-0.25, -0.2) is 0 Å². The molecule has 0 aliphatic carbocycles. The van der Waals surface area contributed by atoms with Crippen molar-refractivity contribution in [2.75, 3.05) is 0 Å². The van der Waals surface area contributed by atoms with Gasteiger partial charge in [-0.2, -0.15) is 0 Å². The summed E-state index contributed by atoms with van der Waals surface area (Å²) in [7, 11) is -0.363. The predicted molar refractivity (Wildman–Crippen MR) is 105 cm³/mol. The maximum Gasteiger partial charge on any atom is 0.494 e. The summed E-state index contributed by atoms with van der Waals surface area (Å²) in [6, 6.07) is 15.5. The maximum atomic E-state index is 10.2. The minimum atomic E-state index is -0.363. The van der Waals surface area contributed by atoms with Crippen LogP contribution in [0.5, 0.6) is 0 Å². The third-order valence-electron chi connectivity index (χ3n) is 5.06. The number of carbonyl (C=O) groups excluding carboxylic acids is 1. The molecule has 0 amide bonds. The van der Waals surface area contributed by atoms with Gasteiger partial charge in [0, 0.05) is 11.1 Å². The van der Waals surface area contributed by atoms with Crippen LogP contribution in [0.1, 0.15) is 44.4 Å². The first kappa shape index (κ1) is 19.2. The fourth-order valence-corrected chi connectivity index (χ4v) is 2.66. The quantitative estimate of drug-likeness (QED) is 0.477. The first-order chi connectivity index (χ1) is 12.8. The van der Waals surface area contributed by atoms with E-state index in [9.17, 15) is 4.79 Å². The second-order valence-electron chi connectivity index (χ2n) is 7.56. The molecule has 0 N–H and O–H groups in total. The molecule has 1 saturated heterocycles. The number of hydrogen-bond acceptors (Lipinski definition) is 4. The van der Waals surface area contributed by atoms with Gasteiger partial charge in [-0.3, -0.25) is 4.79 Å². The van der Waals surface area contributed by atoms with Crippen molar-refractivity contribution in [3.63, 3.8) is 0 Å². The van der Waals surface area contributed by atoms with Gasteiger partial charge in [0.15, 0.2) is 0 Å². The number of carbonyl (C=O) groups is 1. The van der Waals surface area contributed by atoms with Gasteiger partial charge in [-0.1, -0.05) is 36.1 Å². The molecule has 4 nitrogen and oxygen atoms in total. The molecule has 5 heteroatoms. The van der Waals surface area contributed by atoms with E-state index in [0.29, 0.717) is 6.47 Å². The van der Waals surface area contributed by atoms with Crippen LogP contribution in [0.4, 0.5) is 0 Å². The molecule has 0 spiro atoms. The van der Waals surface area contributed by atoms with Crippen LogP contribution in [-0.2, 0) is 25.4 Å². The Morgan fingerprint density at radius 3 is 1.85 bits per heavy atom. The van der Waals surface area contributed by atoms with Gasteiger partial charge in [0.05, 0.1) is 11.2 Å². The summed E-state index contributed by atoms with van der Waals surface area (Å²) in [5.41, 5.74) is 3.04. The lowest BCUT2D eigenvalue weighted by Gasteiger charge is -2.32. The normalized spacial score (nSPS) is 17.1. The average molecular weight is 362 g/mol. The highest BCUT2D eigenvalue weighted by atomic mass is 16.7. The second-order valence-corrected chi connectivity index (χ2v) is 7.56. The van der Waals surface area contributed by atoms with Gasteiger partial charge in [-0.05, 0) is 63.0 Å². The van der Waals surface area contributed by atoms with E-state index < -0.39 is 0 Å². The van der Waals surface area contributed by atoms with Crippen LogP contribution < -0.4 is 5.46 Å². The molecule has 1 fully saturated rings. The van der Waals surface area contributed by atoms with Gasteiger partial charge in [0.2, 0.25) is 0 Å². The lowest BCUT2D eigenvalue weighted by atomic mass is 9.79. The van der Waals surface area contributed by atoms with Gasteiger partial charge >= 0.3 is 7.12 Å². The molecule has 2 aromatic carbocycles. The SMILES string of the molecule is CC1(C)OB(c2ccc(C#Cc3ccc(COC=O)cc3)cc2)OC1(C)C. The standard InChI is InChI=1S/C22H23BO4/c1-21(2)22(3,4)27-23(26-21)20-13-11-18(12-14-20)6-5-17-7-9-19(10-8-17)15-25-16-24/h7-14,16H,15H2,1-4H3. The Morgan fingerprint density at radius 1 is 0.889 bits per heavy atom. The fourth-order valence-electron chi connectivity index (χ4n) is 2.66. The van der Waals surface area contributed by atoms with Crippen molar-refractivity contribution in [1.82, 2.24) is 0 Å². The van der Waals surface area contributed by atoms with Crippen LogP contribution in [0.3, 0.4) is 0 Å². The molecule has 0 radical (unpaired) electrons. The predicted octanol–water partition coefficient (Wildman–Crippen LogP) is 3.06. The van der Waals surface area contributed by atoms with Gasteiger partial charge < -0.3 is 14.0 Å². The van der Waals surface area contributed by atoms with Crippen LogP contribution >= 0.6 is 0 Å². The van der Waals surface area contributed by atoms with Crippen LogP contribution in [0.2, 0.25) is 0 Å². The second kappa shape index (κ2) is 7.60.